The molecule has 12 nitrogen and oxygen atoms in total. The molecule has 0 bridgehead atoms. The van der Waals surface area contributed by atoms with E-state index in [2.05, 4.69) is 20.4 Å². The highest BCUT2D eigenvalue weighted by Crippen LogP contribution is 2.35. The van der Waals surface area contributed by atoms with Gasteiger partial charge in [0.25, 0.3) is 0 Å². The SMILES string of the molecule is Cc1c(-c2cc3cc(Nc4cc5n(n4)CC(=O)N(C(C)C)CC5)ncc3cc2F)cncc1N(C(=O)OC(C)(C)C)C(=O)OC(C)(C)C. The standard InChI is InChI=1S/C35H42FN7O5/c1-20(2)41-11-10-24-15-30(40-42(24)19-31(41)44)39-29-14-22-12-25(27(36)13-23(22)16-38-29)26-17-37-18-28(21(26)3)43(32(45)47-34(4,5)6)33(46)48-35(7,8)9/h12-18,20H,10-11,19H2,1-9H3,(H,38,39,40). The summed E-state index contributed by atoms with van der Waals surface area (Å²) in [6.45, 7) is 16.6. The molecule has 1 N–H and O–H groups in total. The molecule has 0 fully saturated rings. The first-order chi connectivity index (χ1) is 22.4. The molecular weight excluding hydrogens is 617 g/mol. The number of nitrogens with one attached hydrogen (secondary N) is 1. The Morgan fingerprint density at radius 3 is 2.21 bits per heavy atom. The topological polar surface area (TPSA) is 132 Å². The van der Waals surface area contributed by atoms with E-state index in [-0.39, 0.29) is 29.7 Å². The largest absolute Gasteiger partial charge is 0.443 e. The van der Waals surface area contributed by atoms with Crippen LogP contribution in [0, 0.1) is 12.7 Å². The minimum absolute atomic E-state index is 0.0194. The Morgan fingerprint density at radius 2 is 1.58 bits per heavy atom. The van der Waals surface area contributed by atoms with Gasteiger partial charge in [0, 0.05) is 59.7 Å². The fraction of sp³-hybridized carbons (Fsp3) is 0.429. The number of rotatable bonds is 5. The fourth-order valence-corrected chi connectivity index (χ4v) is 5.45. The van der Waals surface area contributed by atoms with Gasteiger partial charge in [0.05, 0.1) is 11.9 Å². The molecule has 4 aromatic rings. The summed E-state index contributed by atoms with van der Waals surface area (Å²) >= 11 is 0. The summed E-state index contributed by atoms with van der Waals surface area (Å²) < 4.78 is 28.5. The maximum Gasteiger partial charge on any atom is 0.424 e. The Bertz CT molecular complexity index is 1860. The van der Waals surface area contributed by atoms with E-state index in [9.17, 15) is 14.4 Å². The molecule has 0 unspecified atom stereocenters. The predicted octanol–water partition coefficient (Wildman–Crippen LogP) is 7.15. The summed E-state index contributed by atoms with van der Waals surface area (Å²) in [4.78, 5) is 50.7. The van der Waals surface area contributed by atoms with Gasteiger partial charge >= 0.3 is 12.2 Å². The van der Waals surface area contributed by atoms with Gasteiger partial charge in [-0.2, -0.15) is 10.00 Å². The number of hydrogen-bond donors (Lipinski definition) is 1. The third-order valence-corrected chi connectivity index (χ3v) is 7.64. The van der Waals surface area contributed by atoms with Crippen LogP contribution in [0.5, 0.6) is 0 Å². The lowest BCUT2D eigenvalue weighted by atomic mass is 9.98. The summed E-state index contributed by atoms with van der Waals surface area (Å²) in [5, 5.41) is 9.04. The van der Waals surface area contributed by atoms with Gasteiger partial charge in [-0.05, 0) is 91.5 Å². The second kappa shape index (κ2) is 12.9. The van der Waals surface area contributed by atoms with Crippen molar-refractivity contribution >= 4 is 46.2 Å². The Balaban J connectivity index is 1.48. The minimum atomic E-state index is -0.947. The fourth-order valence-electron chi connectivity index (χ4n) is 5.45. The number of hydrogen-bond acceptors (Lipinski definition) is 9. The molecule has 254 valence electrons. The van der Waals surface area contributed by atoms with Gasteiger partial charge in [0.1, 0.15) is 29.4 Å². The van der Waals surface area contributed by atoms with Crippen LogP contribution >= 0.6 is 0 Å². The minimum Gasteiger partial charge on any atom is -0.443 e. The van der Waals surface area contributed by atoms with E-state index in [1.165, 1.54) is 18.5 Å². The lowest BCUT2D eigenvalue weighted by Gasteiger charge is -2.29. The quantitative estimate of drug-likeness (QED) is 0.237. The highest BCUT2D eigenvalue weighted by atomic mass is 19.1. The molecule has 0 spiro atoms. The van der Waals surface area contributed by atoms with Gasteiger partial charge < -0.3 is 19.7 Å². The van der Waals surface area contributed by atoms with Crippen molar-refractivity contribution in [2.45, 2.75) is 92.5 Å². The molecule has 48 heavy (non-hydrogen) atoms. The van der Waals surface area contributed by atoms with E-state index in [1.807, 2.05) is 24.8 Å². The number of carbonyl (C=O) groups is 3. The monoisotopic (exact) mass is 659 g/mol. The molecule has 5 rings (SSSR count). The van der Waals surface area contributed by atoms with Crippen LogP contribution in [0.25, 0.3) is 21.9 Å². The van der Waals surface area contributed by atoms with Crippen molar-refractivity contribution in [1.29, 1.82) is 0 Å². The Labute approximate surface area is 279 Å². The summed E-state index contributed by atoms with van der Waals surface area (Å²) in [7, 11) is 0. The van der Waals surface area contributed by atoms with Crippen molar-refractivity contribution in [2.75, 3.05) is 16.8 Å². The average molecular weight is 660 g/mol. The molecule has 0 saturated carbocycles. The Morgan fingerprint density at radius 1 is 0.917 bits per heavy atom. The first-order valence-electron chi connectivity index (χ1n) is 15.8. The molecule has 13 heteroatoms. The lowest BCUT2D eigenvalue weighted by molar-refractivity contribution is -0.133. The maximum atomic E-state index is 15.7. The average Bonchev–Trinajstić information content (AvgIpc) is 3.24. The van der Waals surface area contributed by atoms with E-state index in [0.29, 0.717) is 46.5 Å². The van der Waals surface area contributed by atoms with Crippen molar-refractivity contribution in [2.24, 2.45) is 0 Å². The molecule has 0 aliphatic carbocycles. The van der Waals surface area contributed by atoms with Gasteiger partial charge in [-0.25, -0.2) is 19.0 Å². The van der Waals surface area contributed by atoms with Gasteiger partial charge in [0.2, 0.25) is 5.91 Å². The van der Waals surface area contributed by atoms with Crippen LogP contribution < -0.4 is 10.2 Å². The van der Waals surface area contributed by atoms with Crippen LogP contribution in [0.2, 0.25) is 0 Å². The van der Waals surface area contributed by atoms with Crippen molar-refractivity contribution < 1.29 is 28.2 Å². The van der Waals surface area contributed by atoms with Crippen molar-refractivity contribution in [1.82, 2.24) is 24.6 Å². The number of imide groups is 1. The van der Waals surface area contributed by atoms with Gasteiger partial charge in [-0.15, -0.1) is 0 Å². The number of carbonyl (C=O) groups excluding carboxylic acids is 3. The molecule has 0 atom stereocenters. The number of fused-ring (bicyclic) bond motifs is 2. The first kappa shape index (κ1) is 34.3. The number of aromatic nitrogens is 4. The molecule has 4 heterocycles. The first-order valence-corrected chi connectivity index (χ1v) is 15.8. The summed E-state index contributed by atoms with van der Waals surface area (Å²) in [6.07, 6.45) is 3.17. The highest BCUT2D eigenvalue weighted by Gasteiger charge is 2.34. The maximum absolute atomic E-state index is 15.7. The molecule has 3 aromatic heterocycles. The van der Waals surface area contributed by atoms with Crippen LogP contribution in [-0.2, 0) is 27.2 Å². The third kappa shape index (κ3) is 7.56. The van der Waals surface area contributed by atoms with Crippen molar-refractivity contribution in [3.8, 4) is 11.1 Å². The zero-order valence-electron chi connectivity index (χ0n) is 28.8. The van der Waals surface area contributed by atoms with Crippen LogP contribution in [0.15, 0.2) is 42.9 Å². The second-order valence-electron chi connectivity index (χ2n) is 14.1. The zero-order chi connectivity index (χ0) is 35.1. The van der Waals surface area contributed by atoms with Gasteiger partial charge in [0.15, 0.2) is 5.82 Å². The smallest absolute Gasteiger partial charge is 0.424 e. The van der Waals surface area contributed by atoms with Gasteiger partial charge in [-0.3, -0.25) is 14.5 Å². The number of amides is 3. The number of halogens is 1. The van der Waals surface area contributed by atoms with Crippen LogP contribution in [0.4, 0.5) is 31.3 Å². The molecule has 0 radical (unpaired) electrons. The predicted molar refractivity (Wildman–Crippen MR) is 181 cm³/mol. The molecule has 1 aliphatic rings. The Kier molecular flexibility index (Phi) is 9.18. The van der Waals surface area contributed by atoms with Crippen molar-refractivity contribution in [3.63, 3.8) is 0 Å². The second-order valence-corrected chi connectivity index (χ2v) is 14.1. The van der Waals surface area contributed by atoms with E-state index in [4.69, 9.17) is 9.47 Å². The van der Waals surface area contributed by atoms with Gasteiger partial charge in [-0.1, -0.05) is 0 Å². The van der Waals surface area contributed by atoms with Crippen molar-refractivity contribution in [3.05, 3.63) is 59.9 Å². The molecular formula is C35H42FN7O5. The lowest BCUT2D eigenvalue weighted by Crippen LogP contribution is -2.44. The molecule has 0 saturated heterocycles. The number of anilines is 3. The number of benzene rings is 1. The summed E-state index contributed by atoms with van der Waals surface area (Å²) in [5.74, 6) is 0.507. The van der Waals surface area contributed by atoms with E-state index in [0.717, 1.165) is 10.6 Å². The van der Waals surface area contributed by atoms with Crippen LogP contribution in [-0.4, -0.2) is 66.5 Å². The number of pyridine rings is 2. The number of nitrogens with zero attached hydrogens (tertiary/aromatic N) is 6. The van der Waals surface area contributed by atoms with E-state index >= 15 is 4.39 Å². The highest BCUT2D eigenvalue weighted by molar-refractivity contribution is 6.10. The number of ether oxygens (including phenoxy) is 2. The third-order valence-electron chi connectivity index (χ3n) is 7.64. The molecule has 1 aliphatic heterocycles. The summed E-state index contributed by atoms with van der Waals surface area (Å²) in [6, 6.07) is 6.83. The van der Waals surface area contributed by atoms with E-state index < -0.39 is 29.2 Å². The molecule has 3 amide bonds. The molecule has 1 aromatic carbocycles. The van der Waals surface area contributed by atoms with Crippen LogP contribution in [0.1, 0.15) is 66.6 Å². The Hall–Kier alpha value is -5.07. The van der Waals surface area contributed by atoms with E-state index in [1.54, 1.807) is 71.5 Å². The zero-order valence-corrected chi connectivity index (χ0v) is 28.8. The summed E-state index contributed by atoms with van der Waals surface area (Å²) in [5.41, 5.74) is 0.230. The van der Waals surface area contributed by atoms with Crippen LogP contribution in [0.3, 0.4) is 0 Å². The normalized spacial score (nSPS) is 13.7.